The summed E-state index contributed by atoms with van der Waals surface area (Å²) in [5, 5.41) is 0. The van der Waals surface area contributed by atoms with Crippen LogP contribution in [0.15, 0.2) is 0 Å². The van der Waals surface area contributed by atoms with Gasteiger partial charge >= 0.3 is 0 Å². The molecule has 1 saturated heterocycles. The van der Waals surface area contributed by atoms with E-state index in [0.717, 1.165) is 19.8 Å². The molecule has 1 rings (SSSR count). The van der Waals surface area contributed by atoms with E-state index < -0.39 is 0 Å². The lowest BCUT2D eigenvalue weighted by Crippen LogP contribution is -2.32. The topological polar surface area (TPSA) is 12.5 Å². The maximum absolute atomic E-state index is 5.74. The Hall–Kier alpha value is -0.0800. The molecule has 114 valence electrons. The van der Waals surface area contributed by atoms with Crippen LogP contribution in [0.4, 0.5) is 0 Å². The van der Waals surface area contributed by atoms with Crippen molar-refractivity contribution < 1.29 is 4.74 Å². The average Bonchev–Trinajstić information content (AvgIpc) is 2.46. The summed E-state index contributed by atoms with van der Waals surface area (Å²) in [6, 6.07) is 0. The third kappa shape index (κ3) is 10.4. The molecular formula is C17H35NO. The number of likely N-dealkylation sites (tertiary alicyclic amines) is 1. The molecule has 1 aliphatic heterocycles. The molecule has 0 radical (unpaired) electrons. The van der Waals surface area contributed by atoms with Gasteiger partial charge in [-0.05, 0) is 32.4 Å². The molecule has 2 heteroatoms. The summed E-state index contributed by atoms with van der Waals surface area (Å²) in [5.41, 5.74) is 0. The molecule has 0 unspecified atom stereocenters. The Kier molecular flexibility index (Phi) is 11.5. The predicted molar refractivity (Wildman–Crippen MR) is 83.7 cm³/mol. The van der Waals surface area contributed by atoms with Crippen LogP contribution in [0.5, 0.6) is 0 Å². The lowest BCUT2D eigenvalue weighted by atomic mass is 10.1. The van der Waals surface area contributed by atoms with Gasteiger partial charge in [0.1, 0.15) is 0 Å². The second kappa shape index (κ2) is 12.9. The summed E-state index contributed by atoms with van der Waals surface area (Å²) < 4.78 is 5.74. The van der Waals surface area contributed by atoms with E-state index in [0.29, 0.717) is 0 Å². The molecular weight excluding hydrogens is 234 g/mol. The molecule has 0 aliphatic carbocycles. The average molecular weight is 269 g/mol. The van der Waals surface area contributed by atoms with Gasteiger partial charge in [0.05, 0.1) is 6.61 Å². The third-order valence-electron chi connectivity index (χ3n) is 4.14. The van der Waals surface area contributed by atoms with E-state index in [1.807, 2.05) is 0 Å². The van der Waals surface area contributed by atoms with Crippen LogP contribution in [0.3, 0.4) is 0 Å². The maximum atomic E-state index is 5.74. The van der Waals surface area contributed by atoms with Crippen molar-refractivity contribution in [3.05, 3.63) is 0 Å². The Morgan fingerprint density at radius 1 is 0.737 bits per heavy atom. The molecule has 0 amide bonds. The Bertz CT molecular complexity index is 178. The van der Waals surface area contributed by atoms with Crippen molar-refractivity contribution in [3.63, 3.8) is 0 Å². The molecule has 1 fully saturated rings. The molecule has 0 spiro atoms. The minimum Gasteiger partial charge on any atom is -0.380 e. The third-order valence-corrected chi connectivity index (χ3v) is 4.14. The largest absolute Gasteiger partial charge is 0.380 e. The van der Waals surface area contributed by atoms with Crippen LogP contribution in [0.25, 0.3) is 0 Å². The normalized spacial score (nSPS) is 16.9. The van der Waals surface area contributed by atoms with Gasteiger partial charge in [0.25, 0.3) is 0 Å². The zero-order valence-corrected chi connectivity index (χ0v) is 13.2. The van der Waals surface area contributed by atoms with Crippen LogP contribution in [0.1, 0.15) is 77.6 Å². The minimum atomic E-state index is 0.941. The molecule has 0 aromatic heterocycles. The van der Waals surface area contributed by atoms with Gasteiger partial charge in [-0.3, -0.25) is 0 Å². The first-order valence-electron chi connectivity index (χ1n) is 8.73. The first-order valence-corrected chi connectivity index (χ1v) is 8.73. The van der Waals surface area contributed by atoms with Gasteiger partial charge in [-0.15, -0.1) is 0 Å². The summed E-state index contributed by atoms with van der Waals surface area (Å²) in [6.45, 7) is 7.93. The summed E-state index contributed by atoms with van der Waals surface area (Å²) in [4.78, 5) is 2.55. The van der Waals surface area contributed by atoms with Gasteiger partial charge in [-0.2, -0.15) is 0 Å². The molecule has 19 heavy (non-hydrogen) atoms. The van der Waals surface area contributed by atoms with Crippen molar-refractivity contribution in [1.82, 2.24) is 4.90 Å². The van der Waals surface area contributed by atoms with Gasteiger partial charge in [-0.25, -0.2) is 0 Å². The standard InChI is InChI=1S/C17H35NO/c1-2-3-4-5-6-7-8-12-16-19-17-15-18-13-10-9-11-14-18/h2-17H2,1H3. The molecule has 0 N–H and O–H groups in total. The van der Waals surface area contributed by atoms with E-state index in [4.69, 9.17) is 4.74 Å². The van der Waals surface area contributed by atoms with Crippen LogP contribution < -0.4 is 0 Å². The van der Waals surface area contributed by atoms with E-state index >= 15 is 0 Å². The van der Waals surface area contributed by atoms with Crippen LogP contribution in [0, 0.1) is 0 Å². The molecule has 1 aliphatic rings. The Morgan fingerprint density at radius 3 is 2.05 bits per heavy atom. The zero-order chi connectivity index (χ0) is 13.6. The fourth-order valence-electron chi connectivity index (χ4n) is 2.82. The number of ether oxygens (including phenoxy) is 1. The highest BCUT2D eigenvalue weighted by Gasteiger charge is 2.08. The quantitative estimate of drug-likeness (QED) is 0.479. The molecule has 0 saturated carbocycles. The number of hydrogen-bond donors (Lipinski definition) is 0. The highest BCUT2D eigenvalue weighted by Crippen LogP contribution is 2.09. The van der Waals surface area contributed by atoms with Crippen molar-refractivity contribution in [1.29, 1.82) is 0 Å². The van der Waals surface area contributed by atoms with Gasteiger partial charge in [0.15, 0.2) is 0 Å². The summed E-state index contributed by atoms with van der Waals surface area (Å²) in [7, 11) is 0. The van der Waals surface area contributed by atoms with E-state index in [9.17, 15) is 0 Å². The lowest BCUT2D eigenvalue weighted by molar-refractivity contribution is 0.0938. The Balaban J connectivity index is 1.71. The second-order valence-corrected chi connectivity index (χ2v) is 5.99. The van der Waals surface area contributed by atoms with Crippen molar-refractivity contribution in [2.24, 2.45) is 0 Å². The Morgan fingerprint density at radius 2 is 1.37 bits per heavy atom. The number of hydrogen-bond acceptors (Lipinski definition) is 2. The van der Waals surface area contributed by atoms with E-state index in [2.05, 4.69) is 11.8 Å². The first kappa shape index (κ1) is 17.0. The van der Waals surface area contributed by atoms with Gasteiger partial charge in [0, 0.05) is 13.2 Å². The number of piperidine rings is 1. The monoisotopic (exact) mass is 269 g/mol. The number of nitrogens with zero attached hydrogens (tertiary/aromatic N) is 1. The summed E-state index contributed by atoms with van der Waals surface area (Å²) >= 11 is 0. The zero-order valence-electron chi connectivity index (χ0n) is 13.2. The van der Waals surface area contributed by atoms with E-state index in [-0.39, 0.29) is 0 Å². The highest BCUT2D eigenvalue weighted by atomic mass is 16.5. The van der Waals surface area contributed by atoms with E-state index in [1.165, 1.54) is 83.7 Å². The van der Waals surface area contributed by atoms with E-state index in [1.54, 1.807) is 0 Å². The van der Waals surface area contributed by atoms with Gasteiger partial charge < -0.3 is 9.64 Å². The highest BCUT2D eigenvalue weighted by molar-refractivity contribution is 4.63. The smallest absolute Gasteiger partial charge is 0.0593 e. The summed E-state index contributed by atoms with van der Waals surface area (Å²) in [5.74, 6) is 0. The fourth-order valence-corrected chi connectivity index (χ4v) is 2.82. The van der Waals surface area contributed by atoms with Crippen molar-refractivity contribution in [3.8, 4) is 0 Å². The molecule has 0 atom stereocenters. The second-order valence-electron chi connectivity index (χ2n) is 5.99. The molecule has 0 bridgehead atoms. The molecule has 0 aromatic rings. The maximum Gasteiger partial charge on any atom is 0.0593 e. The SMILES string of the molecule is CCCCCCCCCCOCCN1CCCCC1. The molecule has 2 nitrogen and oxygen atoms in total. The first-order chi connectivity index (χ1) is 9.43. The number of rotatable bonds is 12. The molecule has 0 aromatic carbocycles. The van der Waals surface area contributed by atoms with Crippen LogP contribution in [-0.2, 0) is 4.74 Å². The minimum absolute atomic E-state index is 0.941. The van der Waals surface area contributed by atoms with Gasteiger partial charge in [0.2, 0.25) is 0 Å². The Labute approximate surface area is 120 Å². The molecule has 1 heterocycles. The summed E-state index contributed by atoms with van der Waals surface area (Å²) in [6.07, 6.45) is 15.3. The van der Waals surface area contributed by atoms with Crippen molar-refractivity contribution in [2.45, 2.75) is 77.6 Å². The predicted octanol–water partition coefficient (Wildman–Crippen LogP) is 4.63. The van der Waals surface area contributed by atoms with Crippen molar-refractivity contribution >= 4 is 0 Å². The lowest BCUT2D eigenvalue weighted by Gasteiger charge is -2.26. The van der Waals surface area contributed by atoms with Gasteiger partial charge in [-0.1, -0.05) is 58.3 Å². The number of unbranched alkanes of at least 4 members (excludes halogenated alkanes) is 7. The fraction of sp³-hybridized carbons (Fsp3) is 1.00. The van der Waals surface area contributed by atoms with Crippen LogP contribution in [-0.4, -0.2) is 37.7 Å². The van der Waals surface area contributed by atoms with Crippen LogP contribution in [0.2, 0.25) is 0 Å². The van der Waals surface area contributed by atoms with Crippen LogP contribution >= 0.6 is 0 Å². The van der Waals surface area contributed by atoms with Crippen molar-refractivity contribution in [2.75, 3.05) is 32.8 Å².